The predicted octanol–water partition coefficient (Wildman–Crippen LogP) is 3.25. The first-order valence-electron chi connectivity index (χ1n) is 5.65. The van der Waals surface area contributed by atoms with Gasteiger partial charge in [-0.25, -0.2) is 0 Å². The molecule has 2 rings (SSSR count). The van der Waals surface area contributed by atoms with Crippen molar-refractivity contribution < 1.29 is 9.21 Å². The van der Waals surface area contributed by atoms with Crippen molar-refractivity contribution in [2.75, 3.05) is 11.4 Å². The standard InChI is InChI=1S/C14H15NO2/c1-3-15(12-7-5-4-6-8-12)14(16)13-11(2)9-10-17-13/h4-10H,3H2,1-2H3. The molecule has 0 radical (unpaired) electrons. The van der Waals surface area contributed by atoms with Crippen molar-refractivity contribution in [3.05, 3.63) is 54.0 Å². The lowest BCUT2D eigenvalue weighted by Crippen LogP contribution is -2.30. The van der Waals surface area contributed by atoms with Gasteiger partial charge in [0.2, 0.25) is 0 Å². The van der Waals surface area contributed by atoms with E-state index in [4.69, 9.17) is 4.42 Å². The first kappa shape index (κ1) is 11.5. The van der Waals surface area contributed by atoms with Crippen LogP contribution < -0.4 is 4.90 Å². The zero-order valence-electron chi connectivity index (χ0n) is 10.0. The maximum Gasteiger partial charge on any atom is 0.294 e. The molecule has 0 aliphatic heterocycles. The van der Waals surface area contributed by atoms with Crippen molar-refractivity contribution >= 4 is 11.6 Å². The quantitative estimate of drug-likeness (QED) is 0.809. The Labute approximate surface area is 101 Å². The molecule has 1 amide bonds. The van der Waals surface area contributed by atoms with Crippen molar-refractivity contribution in [2.45, 2.75) is 13.8 Å². The van der Waals surface area contributed by atoms with Crippen LogP contribution in [0.25, 0.3) is 0 Å². The Morgan fingerprint density at radius 2 is 1.94 bits per heavy atom. The van der Waals surface area contributed by atoms with Gasteiger partial charge >= 0.3 is 0 Å². The van der Waals surface area contributed by atoms with Crippen LogP contribution in [0.1, 0.15) is 23.0 Å². The first-order chi connectivity index (χ1) is 8.24. The topological polar surface area (TPSA) is 33.5 Å². The number of aryl methyl sites for hydroxylation is 1. The van der Waals surface area contributed by atoms with Crippen LogP contribution in [-0.4, -0.2) is 12.5 Å². The van der Waals surface area contributed by atoms with E-state index in [2.05, 4.69) is 0 Å². The molecule has 0 unspecified atom stereocenters. The van der Waals surface area contributed by atoms with Crippen molar-refractivity contribution in [3.63, 3.8) is 0 Å². The van der Waals surface area contributed by atoms with Gasteiger partial charge in [-0.2, -0.15) is 0 Å². The number of benzene rings is 1. The molecular weight excluding hydrogens is 214 g/mol. The Balaban J connectivity index is 2.32. The number of hydrogen-bond donors (Lipinski definition) is 0. The summed E-state index contributed by atoms with van der Waals surface area (Å²) < 4.78 is 5.24. The predicted molar refractivity (Wildman–Crippen MR) is 67.2 cm³/mol. The Morgan fingerprint density at radius 3 is 2.47 bits per heavy atom. The number of hydrogen-bond acceptors (Lipinski definition) is 2. The third-order valence-electron chi connectivity index (χ3n) is 2.69. The Kier molecular flexibility index (Phi) is 3.28. The van der Waals surface area contributed by atoms with E-state index in [-0.39, 0.29) is 5.91 Å². The fourth-order valence-corrected chi connectivity index (χ4v) is 1.77. The summed E-state index contributed by atoms with van der Waals surface area (Å²) in [6.45, 7) is 4.43. The van der Waals surface area contributed by atoms with E-state index in [1.54, 1.807) is 17.2 Å². The molecule has 0 atom stereocenters. The lowest BCUT2D eigenvalue weighted by atomic mass is 10.2. The summed E-state index contributed by atoms with van der Waals surface area (Å²) in [6, 6.07) is 11.4. The smallest absolute Gasteiger partial charge is 0.294 e. The summed E-state index contributed by atoms with van der Waals surface area (Å²) in [5, 5.41) is 0. The number of furan rings is 1. The average molecular weight is 229 g/mol. The summed E-state index contributed by atoms with van der Waals surface area (Å²) in [7, 11) is 0. The lowest BCUT2D eigenvalue weighted by Gasteiger charge is -2.20. The molecule has 17 heavy (non-hydrogen) atoms. The second kappa shape index (κ2) is 4.87. The van der Waals surface area contributed by atoms with E-state index < -0.39 is 0 Å². The minimum absolute atomic E-state index is 0.0961. The number of para-hydroxylation sites is 1. The molecule has 0 aliphatic rings. The number of carbonyl (C=O) groups is 1. The van der Waals surface area contributed by atoms with Gasteiger partial charge in [0.15, 0.2) is 5.76 Å². The van der Waals surface area contributed by atoms with Crippen LogP contribution >= 0.6 is 0 Å². The molecule has 3 nitrogen and oxygen atoms in total. The van der Waals surface area contributed by atoms with Gasteiger partial charge in [-0.3, -0.25) is 4.79 Å². The highest BCUT2D eigenvalue weighted by molar-refractivity contribution is 6.05. The number of nitrogens with zero attached hydrogens (tertiary/aromatic N) is 1. The Morgan fingerprint density at radius 1 is 1.24 bits per heavy atom. The molecule has 0 saturated heterocycles. The third-order valence-corrected chi connectivity index (χ3v) is 2.69. The monoisotopic (exact) mass is 229 g/mol. The molecule has 3 heteroatoms. The summed E-state index contributed by atoms with van der Waals surface area (Å²) in [4.78, 5) is 14.0. The molecule has 1 aromatic heterocycles. The van der Waals surface area contributed by atoms with Crippen LogP contribution in [0.2, 0.25) is 0 Å². The van der Waals surface area contributed by atoms with Crippen LogP contribution in [0.4, 0.5) is 5.69 Å². The van der Waals surface area contributed by atoms with Gasteiger partial charge in [-0.15, -0.1) is 0 Å². The van der Waals surface area contributed by atoms with E-state index in [0.717, 1.165) is 11.3 Å². The molecule has 2 aromatic rings. The minimum atomic E-state index is -0.0961. The van der Waals surface area contributed by atoms with Crippen molar-refractivity contribution in [3.8, 4) is 0 Å². The van der Waals surface area contributed by atoms with Crippen molar-refractivity contribution in [1.82, 2.24) is 0 Å². The van der Waals surface area contributed by atoms with Crippen LogP contribution in [0.15, 0.2) is 47.1 Å². The SMILES string of the molecule is CCN(C(=O)c1occc1C)c1ccccc1. The van der Waals surface area contributed by atoms with E-state index >= 15 is 0 Å². The second-order valence-electron chi connectivity index (χ2n) is 3.82. The Hall–Kier alpha value is -2.03. The molecule has 88 valence electrons. The van der Waals surface area contributed by atoms with Gasteiger partial charge < -0.3 is 9.32 Å². The normalized spacial score (nSPS) is 10.2. The number of anilines is 1. The third kappa shape index (κ3) is 2.23. The van der Waals surface area contributed by atoms with Gasteiger partial charge in [0, 0.05) is 17.8 Å². The fourth-order valence-electron chi connectivity index (χ4n) is 1.77. The van der Waals surface area contributed by atoms with E-state index in [9.17, 15) is 4.79 Å². The summed E-state index contributed by atoms with van der Waals surface area (Å²) in [6.07, 6.45) is 1.54. The van der Waals surface area contributed by atoms with E-state index in [0.29, 0.717) is 12.3 Å². The van der Waals surface area contributed by atoms with Crippen LogP contribution in [0.3, 0.4) is 0 Å². The van der Waals surface area contributed by atoms with Crippen LogP contribution in [-0.2, 0) is 0 Å². The molecule has 0 spiro atoms. The Bertz CT molecular complexity index is 502. The molecule has 0 N–H and O–H groups in total. The molecule has 0 aliphatic carbocycles. The zero-order chi connectivity index (χ0) is 12.3. The molecule has 0 fully saturated rings. The fraction of sp³-hybridized carbons (Fsp3) is 0.214. The van der Waals surface area contributed by atoms with Crippen LogP contribution in [0.5, 0.6) is 0 Å². The van der Waals surface area contributed by atoms with Gasteiger partial charge in [0.05, 0.1) is 6.26 Å². The molecule has 1 heterocycles. The second-order valence-corrected chi connectivity index (χ2v) is 3.82. The molecular formula is C14H15NO2. The van der Waals surface area contributed by atoms with Crippen molar-refractivity contribution in [2.24, 2.45) is 0 Å². The number of carbonyl (C=O) groups excluding carboxylic acids is 1. The van der Waals surface area contributed by atoms with Gasteiger partial charge in [-0.05, 0) is 32.0 Å². The average Bonchev–Trinajstić information content (AvgIpc) is 2.77. The lowest BCUT2D eigenvalue weighted by molar-refractivity contribution is 0.0961. The maximum absolute atomic E-state index is 12.3. The molecule has 0 bridgehead atoms. The largest absolute Gasteiger partial charge is 0.459 e. The van der Waals surface area contributed by atoms with Gasteiger partial charge in [-0.1, -0.05) is 18.2 Å². The van der Waals surface area contributed by atoms with E-state index in [1.807, 2.05) is 44.2 Å². The summed E-state index contributed by atoms with van der Waals surface area (Å²) in [5.74, 6) is 0.317. The van der Waals surface area contributed by atoms with Crippen molar-refractivity contribution in [1.29, 1.82) is 0 Å². The maximum atomic E-state index is 12.3. The summed E-state index contributed by atoms with van der Waals surface area (Å²) >= 11 is 0. The van der Waals surface area contributed by atoms with E-state index in [1.165, 1.54) is 0 Å². The highest BCUT2D eigenvalue weighted by Crippen LogP contribution is 2.18. The minimum Gasteiger partial charge on any atom is -0.459 e. The summed E-state index contributed by atoms with van der Waals surface area (Å²) in [5.41, 5.74) is 1.75. The van der Waals surface area contributed by atoms with Gasteiger partial charge in [0.1, 0.15) is 0 Å². The van der Waals surface area contributed by atoms with Gasteiger partial charge in [0.25, 0.3) is 5.91 Å². The first-order valence-corrected chi connectivity index (χ1v) is 5.65. The number of amides is 1. The molecule has 0 saturated carbocycles. The highest BCUT2D eigenvalue weighted by atomic mass is 16.3. The highest BCUT2D eigenvalue weighted by Gasteiger charge is 2.20. The van der Waals surface area contributed by atoms with Crippen LogP contribution in [0, 0.1) is 6.92 Å². The molecule has 1 aromatic carbocycles. The number of rotatable bonds is 3. The zero-order valence-corrected chi connectivity index (χ0v) is 10.0.